The van der Waals surface area contributed by atoms with Crippen molar-refractivity contribution >= 4 is 44.5 Å². The lowest BCUT2D eigenvalue weighted by Gasteiger charge is -2.24. The van der Waals surface area contributed by atoms with E-state index in [2.05, 4.69) is 114 Å². The highest BCUT2D eigenvalue weighted by atomic mass is 15.0. The minimum atomic E-state index is -0.0647. The molecule has 2 heterocycles. The zero-order valence-corrected chi connectivity index (χ0v) is 19.8. The van der Waals surface area contributed by atoms with Gasteiger partial charge in [-0.15, -0.1) is 0 Å². The van der Waals surface area contributed by atoms with Crippen LogP contribution >= 0.6 is 0 Å². The standard InChI is InChI=1S/C33H24N2/c1-33(2)25-14-7-5-12-22(25)29-30-24-13-6-8-16-28(24)35(27-17-9-15-26-23(27)18-19-34-26)32(30)21-11-4-3-10-20(21)31(29)33/h3-17,19H,18H2,1-2H3. The Balaban J connectivity index is 1.69. The van der Waals surface area contributed by atoms with Crippen LogP contribution in [0.25, 0.3) is 49.4 Å². The number of aromatic nitrogens is 1. The average molecular weight is 449 g/mol. The lowest BCUT2D eigenvalue weighted by atomic mass is 9.79. The summed E-state index contributed by atoms with van der Waals surface area (Å²) in [6.07, 6.45) is 2.91. The molecule has 0 saturated carbocycles. The van der Waals surface area contributed by atoms with Crippen LogP contribution in [-0.2, 0) is 11.8 Å². The minimum absolute atomic E-state index is 0.0647. The second kappa shape index (κ2) is 6.49. The average Bonchev–Trinajstić information content (AvgIpc) is 3.56. The highest BCUT2D eigenvalue weighted by molar-refractivity contribution is 6.26. The summed E-state index contributed by atoms with van der Waals surface area (Å²) < 4.78 is 2.51. The van der Waals surface area contributed by atoms with E-state index in [9.17, 15) is 0 Å². The van der Waals surface area contributed by atoms with Crippen molar-refractivity contribution in [2.24, 2.45) is 4.99 Å². The first-order valence-corrected chi connectivity index (χ1v) is 12.4. The van der Waals surface area contributed by atoms with Gasteiger partial charge in [-0.05, 0) is 45.8 Å². The van der Waals surface area contributed by atoms with E-state index >= 15 is 0 Å². The van der Waals surface area contributed by atoms with E-state index in [1.54, 1.807) is 0 Å². The first-order chi connectivity index (χ1) is 17.2. The fourth-order valence-corrected chi connectivity index (χ4v) is 6.80. The summed E-state index contributed by atoms with van der Waals surface area (Å²) in [7, 11) is 0. The lowest BCUT2D eigenvalue weighted by Crippen LogP contribution is -2.15. The molecule has 1 aliphatic heterocycles. The van der Waals surface area contributed by atoms with Crippen LogP contribution in [-0.4, -0.2) is 10.8 Å². The van der Waals surface area contributed by atoms with E-state index in [-0.39, 0.29) is 5.41 Å². The first kappa shape index (κ1) is 19.2. The van der Waals surface area contributed by atoms with Gasteiger partial charge in [0.2, 0.25) is 0 Å². The molecule has 0 fully saturated rings. The number of benzene rings is 5. The molecule has 166 valence electrons. The Labute approximate surface area is 204 Å². The first-order valence-electron chi connectivity index (χ1n) is 12.4. The van der Waals surface area contributed by atoms with Gasteiger partial charge in [0.1, 0.15) is 0 Å². The summed E-state index contributed by atoms with van der Waals surface area (Å²) in [6.45, 7) is 4.77. The number of nitrogens with zero attached hydrogens (tertiary/aromatic N) is 2. The Hall–Kier alpha value is -4.17. The maximum absolute atomic E-state index is 4.66. The Morgan fingerprint density at radius 1 is 0.743 bits per heavy atom. The molecule has 5 aromatic carbocycles. The Bertz CT molecular complexity index is 1900. The monoisotopic (exact) mass is 448 g/mol. The van der Waals surface area contributed by atoms with Crippen molar-refractivity contribution in [3.63, 3.8) is 0 Å². The third-order valence-corrected chi connectivity index (χ3v) is 8.21. The van der Waals surface area contributed by atoms with Gasteiger partial charge in [-0.25, -0.2) is 0 Å². The molecule has 0 saturated heterocycles. The van der Waals surface area contributed by atoms with Crippen LogP contribution in [0.5, 0.6) is 0 Å². The SMILES string of the molecule is CC1(C)c2ccccc2-c2c1c1ccccc1c1c2c2ccccc2n1-c1cccc2c1CC=N2. The van der Waals surface area contributed by atoms with Crippen molar-refractivity contribution in [3.05, 3.63) is 108 Å². The van der Waals surface area contributed by atoms with Crippen LogP contribution < -0.4 is 0 Å². The molecule has 0 amide bonds. The second-order valence-electron chi connectivity index (χ2n) is 10.3. The molecule has 2 heteroatoms. The summed E-state index contributed by atoms with van der Waals surface area (Å²) in [5.41, 5.74) is 11.8. The van der Waals surface area contributed by atoms with Gasteiger partial charge in [-0.3, -0.25) is 4.99 Å². The topological polar surface area (TPSA) is 17.3 Å². The van der Waals surface area contributed by atoms with Crippen LogP contribution in [0.1, 0.15) is 30.5 Å². The molecule has 1 aromatic heterocycles. The van der Waals surface area contributed by atoms with Crippen molar-refractivity contribution in [2.45, 2.75) is 25.7 Å². The summed E-state index contributed by atoms with van der Waals surface area (Å²) >= 11 is 0. The zero-order valence-electron chi connectivity index (χ0n) is 19.8. The van der Waals surface area contributed by atoms with Gasteiger partial charge >= 0.3 is 0 Å². The molecule has 1 aliphatic carbocycles. The van der Waals surface area contributed by atoms with Gasteiger partial charge in [0.15, 0.2) is 0 Å². The molecule has 8 rings (SSSR count). The maximum Gasteiger partial charge on any atom is 0.0682 e. The van der Waals surface area contributed by atoms with Crippen LogP contribution in [0.3, 0.4) is 0 Å². The number of fused-ring (bicyclic) bond motifs is 11. The van der Waals surface area contributed by atoms with Crippen LogP contribution in [0.4, 0.5) is 5.69 Å². The van der Waals surface area contributed by atoms with Gasteiger partial charge in [-0.2, -0.15) is 0 Å². The van der Waals surface area contributed by atoms with Crippen molar-refractivity contribution in [3.8, 4) is 16.8 Å². The minimum Gasteiger partial charge on any atom is -0.308 e. The summed E-state index contributed by atoms with van der Waals surface area (Å²) in [6, 6.07) is 33.5. The third-order valence-electron chi connectivity index (χ3n) is 8.21. The van der Waals surface area contributed by atoms with Crippen molar-refractivity contribution in [1.82, 2.24) is 4.57 Å². The van der Waals surface area contributed by atoms with E-state index in [1.807, 2.05) is 6.21 Å². The van der Waals surface area contributed by atoms with E-state index in [4.69, 9.17) is 0 Å². The molecule has 0 radical (unpaired) electrons. The van der Waals surface area contributed by atoms with E-state index in [0.717, 1.165) is 12.1 Å². The van der Waals surface area contributed by atoms with Gasteiger partial charge < -0.3 is 4.57 Å². The molecular formula is C33H24N2. The van der Waals surface area contributed by atoms with Crippen molar-refractivity contribution in [2.75, 3.05) is 0 Å². The smallest absolute Gasteiger partial charge is 0.0682 e. The van der Waals surface area contributed by atoms with Gasteiger partial charge in [0.05, 0.1) is 22.4 Å². The molecular weight excluding hydrogens is 424 g/mol. The van der Waals surface area contributed by atoms with E-state index < -0.39 is 0 Å². The Kier molecular flexibility index (Phi) is 3.55. The summed E-state index contributed by atoms with van der Waals surface area (Å²) in [4.78, 5) is 4.66. The fraction of sp³-hybridized carbons (Fsp3) is 0.121. The summed E-state index contributed by atoms with van der Waals surface area (Å²) in [5, 5.41) is 5.34. The third kappa shape index (κ3) is 2.27. The van der Waals surface area contributed by atoms with Crippen LogP contribution in [0, 0.1) is 0 Å². The van der Waals surface area contributed by atoms with E-state index in [0.29, 0.717) is 0 Å². The highest BCUT2D eigenvalue weighted by Crippen LogP contribution is 2.56. The number of para-hydroxylation sites is 1. The Morgan fingerprint density at radius 2 is 1.49 bits per heavy atom. The largest absolute Gasteiger partial charge is 0.308 e. The predicted octanol–water partition coefficient (Wildman–Crippen LogP) is 8.50. The molecule has 0 N–H and O–H groups in total. The molecule has 0 bridgehead atoms. The molecule has 0 spiro atoms. The fourth-order valence-electron chi connectivity index (χ4n) is 6.80. The molecule has 0 atom stereocenters. The number of hydrogen-bond donors (Lipinski definition) is 0. The van der Waals surface area contributed by atoms with Gasteiger partial charge in [0, 0.05) is 39.8 Å². The van der Waals surface area contributed by atoms with E-state index in [1.165, 1.54) is 66.1 Å². The molecule has 35 heavy (non-hydrogen) atoms. The molecule has 2 aliphatic rings. The molecule has 6 aromatic rings. The second-order valence-corrected chi connectivity index (χ2v) is 10.3. The highest BCUT2D eigenvalue weighted by Gasteiger charge is 2.39. The normalized spacial score (nSPS) is 15.1. The lowest BCUT2D eigenvalue weighted by molar-refractivity contribution is 0.666. The van der Waals surface area contributed by atoms with Gasteiger partial charge in [-0.1, -0.05) is 86.6 Å². The van der Waals surface area contributed by atoms with Crippen LogP contribution in [0.2, 0.25) is 0 Å². The Morgan fingerprint density at radius 3 is 2.37 bits per heavy atom. The number of aliphatic imine (C=N–C) groups is 1. The van der Waals surface area contributed by atoms with Gasteiger partial charge in [0.25, 0.3) is 0 Å². The van der Waals surface area contributed by atoms with Crippen molar-refractivity contribution < 1.29 is 0 Å². The predicted molar refractivity (Wildman–Crippen MR) is 148 cm³/mol. The molecule has 0 unspecified atom stereocenters. The number of hydrogen-bond acceptors (Lipinski definition) is 1. The van der Waals surface area contributed by atoms with Crippen molar-refractivity contribution in [1.29, 1.82) is 0 Å². The summed E-state index contributed by atoms with van der Waals surface area (Å²) in [5.74, 6) is 0. The number of rotatable bonds is 1. The maximum atomic E-state index is 4.66. The zero-order chi connectivity index (χ0) is 23.3. The van der Waals surface area contributed by atoms with Crippen LogP contribution in [0.15, 0.2) is 96.0 Å². The molecule has 2 nitrogen and oxygen atoms in total. The quantitative estimate of drug-likeness (QED) is 0.240.